The van der Waals surface area contributed by atoms with Crippen molar-refractivity contribution in [1.29, 1.82) is 0 Å². The smallest absolute Gasteiger partial charge is 0.354 e. The van der Waals surface area contributed by atoms with E-state index in [1.807, 2.05) is 17.5 Å². The summed E-state index contributed by atoms with van der Waals surface area (Å²) in [5, 5.41) is 15.0. The second-order valence-corrected chi connectivity index (χ2v) is 5.72. The number of hydrogen-bond donors (Lipinski definition) is 2. The molecule has 1 atom stereocenters. The van der Waals surface area contributed by atoms with Crippen LogP contribution in [0.1, 0.15) is 16.5 Å². The number of rotatable bonds is 6. The van der Waals surface area contributed by atoms with Crippen LogP contribution in [-0.4, -0.2) is 31.3 Å². The van der Waals surface area contributed by atoms with E-state index in [2.05, 4.69) is 14.8 Å². The molecule has 7 heteroatoms. The average molecular weight is 347 g/mol. The number of thiophene rings is 1. The van der Waals surface area contributed by atoms with E-state index in [0.29, 0.717) is 5.69 Å². The largest absolute Gasteiger partial charge is 0.466 e. The lowest BCUT2D eigenvalue weighted by Gasteiger charge is -2.12. The van der Waals surface area contributed by atoms with Gasteiger partial charge in [0.2, 0.25) is 0 Å². The van der Waals surface area contributed by atoms with Gasteiger partial charge in [0.1, 0.15) is 11.8 Å². The van der Waals surface area contributed by atoms with Gasteiger partial charge in [-0.2, -0.15) is 0 Å². The molecular weight excluding hydrogens is 330 g/mol. The lowest BCUT2D eigenvalue weighted by Crippen LogP contribution is -2.15. The van der Waals surface area contributed by atoms with Gasteiger partial charge in [-0.25, -0.2) is 9.59 Å². The standard InChI is InChI=1S/C17H17NO5S/c1-22-15(19)10-13(17(21)23-2)18-12-7-5-11(6-8-12)16(20)14-4-3-9-24-14/h3-10,16,18,20H,1-2H3/b13-10+. The number of hydrogen-bond acceptors (Lipinski definition) is 7. The van der Waals surface area contributed by atoms with E-state index in [9.17, 15) is 14.7 Å². The number of benzene rings is 1. The molecule has 1 aromatic carbocycles. The molecule has 0 aliphatic carbocycles. The van der Waals surface area contributed by atoms with Gasteiger partial charge >= 0.3 is 11.9 Å². The number of aliphatic hydroxyl groups excluding tert-OH is 1. The molecule has 0 aliphatic rings. The Balaban J connectivity index is 2.16. The number of aliphatic hydroxyl groups is 1. The summed E-state index contributed by atoms with van der Waals surface area (Å²) in [6, 6.07) is 10.6. The maximum absolute atomic E-state index is 11.7. The highest BCUT2D eigenvalue weighted by atomic mass is 32.1. The summed E-state index contributed by atoms with van der Waals surface area (Å²) in [6.07, 6.45) is 0.310. The summed E-state index contributed by atoms with van der Waals surface area (Å²) < 4.78 is 9.13. The Morgan fingerprint density at radius 2 is 1.88 bits per heavy atom. The van der Waals surface area contributed by atoms with E-state index >= 15 is 0 Å². The van der Waals surface area contributed by atoms with Gasteiger partial charge < -0.3 is 19.9 Å². The maximum atomic E-state index is 11.7. The number of nitrogens with one attached hydrogen (secondary N) is 1. The number of carbonyl (C=O) groups excluding carboxylic acids is 2. The van der Waals surface area contributed by atoms with Gasteiger partial charge in [0.25, 0.3) is 0 Å². The van der Waals surface area contributed by atoms with Crippen molar-refractivity contribution >= 4 is 29.0 Å². The van der Waals surface area contributed by atoms with Crippen LogP contribution >= 0.6 is 11.3 Å². The van der Waals surface area contributed by atoms with Crippen molar-refractivity contribution in [2.75, 3.05) is 19.5 Å². The molecule has 24 heavy (non-hydrogen) atoms. The number of esters is 2. The van der Waals surface area contributed by atoms with Crippen molar-refractivity contribution in [3.05, 3.63) is 64.0 Å². The summed E-state index contributed by atoms with van der Waals surface area (Å²) in [4.78, 5) is 23.9. The Hall–Kier alpha value is -2.64. The van der Waals surface area contributed by atoms with Crippen LogP contribution in [0.15, 0.2) is 53.6 Å². The topological polar surface area (TPSA) is 84.9 Å². The van der Waals surface area contributed by atoms with Gasteiger partial charge in [-0.05, 0) is 29.1 Å². The SMILES string of the molecule is COC(=O)/C=C(/Nc1ccc(C(O)c2cccs2)cc1)C(=O)OC. The molecule has 6 nitrogen and oxygen atoms in total. The zero-order valence-electron chi connectivity index (χ0n) is 13.2. The molecule has 0 saturated carbocycles. The Bertz CT molecular complexity index is 722. The van der Waals surface area contributed by atoms with Crippen LogP contribution in [0.25, 0.3) is 0 Å². The minimum absolute atomic E-state index is 0.0455. The molecule has 0 aliphatic heterocycles. The second kappa shape index (κ2) is 8.28. The molecule has 0 radical (unpaired) electrons. The first-order valence-electron chi connectivity index (χ1n) is 7.01. The van der Waals surface area contributed by atoms with Crippen molar-refractivity contribution in [3.63, 3.8) is 0 Å². The summed E-state index contributed by atoms with van der Waals surface area (Å²) in [5.41, 5.74) is 1.24. The predicted molar refractivity (Wildman–Crippen MR) is 90.6 cm³/mol. The lowest BCUT2D eigenvalue weighted by molar-refractivity contribution is -0.138. The quantitative estimate of drug-likeness (QED) is 0.617. The highest BCUT2D eigenvalue weighted by molar-refractivity contribution is 7.10. The first-order valence-corrected chi connectivity index (χ1v) is 7.89. The van der Waals surface area contributed by atoms with Crippen molar-refractivity contribution in [2.24, 2.45) is 0 Å². The first-order chi connectivity index (χ1) is 11.5. The summed E-state index contributed by atoms with van der Waals surface area (Å²) in [5.74, 6) is -1.37. The molecule has 2 rings (SSSR count). The molecule has 0 saturated heterocycles. The molecule has 0 fully saturated rings. The minimum atomic E-state index is -0.704. The summed E-state index contributed by atoms with van der Waals surface area (Å²) >= 11 is 1.47. The van der Waals surface area contributed by atoms with Gasteiger partial charge in [-0.3, -0.25) is 0 Å². The average Bonchev–Trinajstić information content (AvgIpc) is 3.15. The highest BCUT2D eigenvalue weighted by Gasteiger charge is 2.14. The lowest BCUT2D eigenvalue weighted by atomic mass is 10.1. The van der Waals surface area contributed by atoms with Gasteiger partial charge in [0.15, 0.2) is 0 Å². The highest BCUT2D eigenvalue weighted by Crippen LogP contribution is 2.26. The van der Waals surface area contributed by atoms with Crippen molar-refractivity contribution < 1.29 is 24.2 Å². The molecule has 0 bridgehead atoms. The number of carbonyl (C=O) groups is 2. The van der Waals surface area contributed by atoms with E-state index in [1.54, 1.807) is 24.3 Å². The van der Waals surface area contributed by atoms with Crippen LogP contribution in [0.2, 0.25) is 0 Å². The van der Waals surface area contributed by atoms with Gasteiger partial charge in [0.05, 0.1) is 20.3 Å². The fraction of sp³-hybridized carbons (Fsp3) is 0.176. The monoisotopic (exact) mass is 347 g/mol. The van der Waals surface area contributed by atoms with Gasteiger partial charge in [-0.15, -0.1) is 11.3 Å². The molecule has 1 heterocycles. The van der Waals surface area contributed by atoms with Crippen LogP contribution in [0.4, 0.5) is 5.69 Å². The van der Waals surface area contributed by atoms with Crippen molar-refractivity contribution in [1.82, 2.24) is 0 Å². The van der Waals surface area contributed by atoms with Crippen LogP contribution in [0.5, 0.6) is 0 Å². The Morgan fingerprint density at radius 1 is 1.17 bits per heavy atom. The number of methoxy groups -OCH3 is 2. The van der Waals surface area contributed by atoms with E-state index < -0.39 is 18.0 Å². The van der Waals surface area contributed by atoms with Gasteiger partial charge in [0, 0.05) is 10.6 Å². The third-order valence-corrected chi connectivity index (χ3v) is 4.11. The molecule has 2 N–H and O–H groups in total. The number of ether oxygens (including phenoxy) is 2. The van der Waals surface area contributed by atoms with Crippen LogP contribution in [0.3, 0.4) is 0 Å². The third-order valence-electron chi connectivity index (χ3n) is 3.19. The predicted octanol–water partition coefficient (Wildman–Crippen LogP) is 2.47. The normalized spacial score (nSPS) is 12.4. The van der Waals surface area contributed by atoms with E-state index in [1.165, 1.54) is 25.6 Å². The molecule has 126 valence electrons. The molecule has 1 aromatic heterocycles. The molecule has 0 spiro atoms. The first kappa shape index (κ1) is 17.7. The summed E-state index contributed by atoms with van der Waals surface area (Å²) in [7, 11) is 2.43. The molecular formula is C17H17NO5S. The zero-order chi connectivity index (χ0) is 17.5. The number of anilines is 1. The van der Waals surface area contributed by atoms with Gasteiger partial charge in [-0.1, -0.05) is 18.2 Å². The van der Waals surface area contributed by atoms with Crippen molar-refractivity contribution in [2.45, 2.75) is 6.10 Å². The Morgan fingerprint density at radius 3 is 2.42 bits per heavy atom. The van der Waals surface area contributed by atoms with E-state index in [0.717, 1.165) is 16.5 Å². The Kier molecular flexibility index (Phi) is 6.11. The maximum Gasteiger partial charge on any atom is 0.354 e. The molecule has 1 unspecified atom stereocenters. The molecule has 0 amide bonds. The zero-order valence-corrected chi connectivity index (χ0v) is 14.0. The Labute approximate surface area is 143 Å². The van der Waals surface area contributed by atoms with Crippen LogP contribution < -0.4 is 5.32 Å². The van der Waals surface area contributed by atoms with E-state index in [-0.39, 0.29) is 5.70 Å². The van der Waals surface area contributed by atoms with Crippen molar-refractivity contribution in [3.8, 4) is 0 Å². The fourth-order valence-electron chi connectivity index (χ4n) is 1.95. The van der Waals surface area contributed by atoms with Crippen LogP contribution in [-0.2, 0) is 19.1 Å². The van der Waals surface area contributed by atoms with E-state index in [4.69, 9.17) is 0 Å². The second-order valence-electron chi connectivity index (χ2n) is 4.74. The minimum Gasteiger partial charge on any atom is -0.466 e. The molecule has 2 aromatic rings. The van der Waals surface area contributed by atoms with Crippen LogP contribution in [0, 0.1) is 0 Å². The fourth-order valence-corrected chi connectivity index (χ4v) is 2.68. The third kappa shape index (κ3) is 4.43. The summed E-state index contributed by atoms with van der Waals surface area (Å²) in [6.45, 7) is 0.